The lowest BCUT2D eigenvalue weighted by Crippen LogP contribution is -2.48. The molecule has 3 atom stereocenters. The van der Waals surface area contributed by atoms with E-state index in [1.54, 1.807) is 24.3 Å². The van der Waals surface area contributed by atoms with Gasteiger partial charge in [0.15, 0.2) is 0 Å². The van der Waals surface area contributed by atoms with E-state index >= 15 is 0 Å². The highest BCUT2D eigenvalue weighted by Crippen LogP contribution is 2.22. The first-order chi connectivity index (χ1) is 10.8. The second kappa shape index (κ2) is 7.81. The molecule has 2 N–H and O–H groups in total. The van der Waals surface area contributed by atoms with Crippen LogP contribution in [-0.2, 0) is 14.8 Å². The summed E-state index contributed by atoms with van der Waals surface area (Å²) in [5, 5.41) is 12.4. The van der Waals surface area contributed by atoms with Gasteiger partial charge >= 0.3 is 0 Å². The van der Waals surface area contributed by atoms with E-state index in [1.165, 1.54) is 4.31 Å². The number of halogens is 1. The molecule has 1 aromatic carbocycles. The maximum absolute atomic E-state index is 12.7. The number of hydrogen-bond donors (Lipinski definition) is 2. The van der Waals surface area contributed by atoms with Gasteiger partial charge in [-0.05, 0) is 38.1 Å². The maximum atomic E-state index is 12.7. The van der Waals surface area contributed by atoms with Crippen molar-refractivity contribution in [2.24, 2.45) is 0 Å². The van der Waals surface area contributed by atoms with Gasteiger partial charge in [0.05, 0.1) is 29.1 Å². The lowest BCUT2D eigenvalue weighted by Gasteiger charge is -2.34. The summed E-state index contributed by atoms with van der Waals surface area (Å²) in [5.41, 5.74) is 0.733. The Hall–Kier alpha value is -0.860. The van der Waals surface area contributed by atoms with Crippen LogP contribution in [0, 0.1) is 0 Å². The van der Waals surface area contributed by atoms with E-state index in [2.05, 4.69) is 5.32 Å². The Morgan fingerprint density at radius 2 is 1.87 bits per heavy atom. The third kappa shape index (κ3) is 4.81. The molecule has 1 heterocycles. The first-order valence-corrected chi connectivity index (χ1v) is 9.54. The van der Waals surface area contributed by atoms with Crippen molar-refractivity contribution >= 4 is 27.3 Å². The van der Waals surface area contributed by atoms with Crippen molar-refractivity contribution in [2.75, 3.05) is 30.8 Å². The van der Waals surface area contributed by atoms with Crippen LogP contribution in [0.5, 0.6) is 0 Å². The number of sulfonamides is 1. The predicted molar refractivity (Wildman–Crippen MR) is 90.4 cm³/mol. The van der Waals surface area contributed by atoms with Gasteiger partial charge in [-0.25, -0.2) is 8.42 Å². The molecule has 0 saturated carbocycles. The second-order valence-corrected chi connectivity index (χ2v) is 8.04. The average Bonchev–Trinajstić information content (AvgIpc) is 2.52. The Labute approximate surface area is 142 Å². The lowest BCUT2D eigenvalue weighted by molar-refractivity contribution is -0.0440. The fourth-order valence-corrected chi connectivity index (χ4v) is 4.21. The van der Waals surface area contributed by atoms with E-state index in [1.807, 2.05) is 13.8 Å². The number of morpholine rings is 1. The molecule has 1 saturated heterocycles. The standard InChI is InChI=1S/C15H23ClN2O4S/c1-11-9-18(10-12(2)22-11)23(20,21)15-5-3-13(4-6-15)17-8-14(19)7-16/h3-6,11-12,14,17,19H,7-10H2,1-2H3. The van der Waals surface area contributed by atoms with Crippen molar-refractivity contribution in [1.82, 2.24) is 4.31 Å². The Morgan fingerprint density at radius 1 is 1.30 bits per heavy atom. The van der Waals surface area contributed by atoms with Crippen LogP contribution in [0.15, 0.2) is 29.2 Å². The molecule has 1 aliphatic rings. The highest BCUT2D eigenvalue weighted by atomic mass is 35.5. The van der Waals surface area contributed by atoms with Crippen molar-refractivity contribution in [3.05, 3.63) is 24.3 Å². The lowest BCUT2D eigenvalue weighted by atomic mass is 10.3. The number of hydrogen-bond acceptors (Lipinski definition) is 5. The fourth-order valence-electron chi connectivity index (χ4n) is 2.51. The van der Waals surface area contributed by atoms with E-state index < -0.39 is 16.1 Å². The summed E-state index contributed by atoms with van der Waals surface area (Å²) in [7, 11) is -3.53. The number of nitrogens with zero attached hydrogens (tertiary/aromatic N) is 1. The molecular weight excluding hydrogens is 340 g/mol. The van der Waals surface area contributed by atoms with Crippen molar-refractivity contribution in [3.63, 3.8) is 0 Å². The largest absolute Gasteiger partial charge is 0.390 e. The van der Waals surface area contributed by atoms with Crippen molar-refractivity contribution in [3.8, 4) is 0 Å². The molecule has 23 heavy (non-hydrogen) atoms. The van der Waals surface area contributed by atoms with Crippen LogP contribution in [-0.4, -0.2) is 61.7 Å². The van der Waals surface area contributed by atoms with Crippen molar-refractivity contribution in [2.45, 2.75) is 37.1 Å². The summed E-state index contributed by atoms with van der Waals surface area (Å²) in [6, 6.07) is 6.49. The Balaban J connectivity index is 2.08. The van der Waals surface area contributed by atoms with Gasteiger partial charge in [0.25, 0.3) is 0 Å². The summed E-state index contributed by atoms with van der Waals surface area (Å²) in [6.07, 6.45) is -0.880. The number of nitrogens with one attached hydrogen (secondary N) is 1. The van der Waals surface area contributed by atoms with Crippen LogP contribution < -0.4 is 5.32 Å². The summed E-state index contributed by atoms with van der Waals surface area (Å²) >= 11 is 5.53. The number of ether oxygens (including phenoxy) is 1. The molecule has 0 radical (unpaired) electrons. The fraction of sp³-hybridized carbons (Fsp3) is 0.600. The van der Waals surface area contributed by atoms with Crippen LogP contribution in [0.3, 0.4) is 0 Å². The molecule has 1 aliphatic heterocycles. The number of alkyl halides is 1. The zero-order valence-electron chi connectivity index (χ0n) is 13.3. The molecule has 3 unspecified atom stereocenters. The van der Waals surface area contributed by atoms with Crippen LogP contribution in [0.2, 0.25) is 0 Å². The molecule has 0 spiro atoms. The predicted octanol–water partition coefficient (Wildman–Crippen LogP) is 1.50. The summed E-state index contributed by atoms with van der Waals surface area (Å²) < 4.78 is 32.4. The molecule has 0 amide bonds. The second-order valence-electron chi connectivity index (χ2n) is 5.79. The zero-order chi connectivity index (χ0) is 17.0. The minimum atomic E-state index is -3.53. The first-order valence-electron chi connectivity index (χ1n) is 7.56. The third-order valence-corrected chi connectivity index (χ3v) is 5.80. The molecular formula is C15H23ClN2O4S. The summed E-state index contributed by atoms with van der Waals surface area (Å²) in [6.45, 7) is 4.76. The number of aliphatic hydroxyl groups excluding tert-OH is 1. The van der Waals surface area contributed by atoms with Gasteiger partial charge in [-0.1, -0.05) is 0 Å². The summed E-state index contributed by atoms with van der Waals surface area (Å²) in [5.74, 6) is 0.146. The molecule has 2 rings (SSSR count). The molecule has 1 aromatic rings. The van der Waals surface area contributed by atoms with E-state index in [-0.39, 0.29) is 23.0 Å². The Kier molecular flexibility index (Phi) is 6.27. The van der Waals surface area contributed by atoms with Gasteiger partial charge in [0.2, 0.25) is 10.0 Å². The molecule has 130 valence electrons. The maximum Gasteiger partial charge on any atom is 0.243 e. The summed E-state index contributed by atoms with van der Waals surface area (Å²) in [4.78, 5) is 0.252. The van der Waals surface area contributed by atoms with E-state index in [0.717, 1.165) is 5.69 Å². The molecule has 0 aromatic heterocycles. The number of rotatable bonds is 6. The van der Waals surface area contributed by atoms with Crippen molar-refractivity contribution < 1.29 is 18.3 Å². The zero-order valence-corrected chi connectivity index (χ0v) is 14.8. The van der Waals surface area contributed by atoms with Gasteiger partial charge < -0.3 is 15.2 Å². The minimum Gasteiger partial charge on any atom is -0.390 e. The van der Waals surface area contributed by atoms with Gasteiger partial charge in [0, 0.05) is 25.3 Å². The average molecular weight is 363 g/mol. The topological polar surface area (TPSA) is 78.9 Å². The number of benzene rings is 1. The number of anilines is 1. The normalized spacial score (nSPS) is 24.3. The van der Waals surface area contributed by atoms with Gasteiger partial charge in [-0.2, -0.15) is 4.31 Å². The molecule has 0 bridgehead atoms. The highest BCUT2D eigenvalue weighted by Gasteiger charge is 2.32. The quantitative estimate of drug-likeness (QED) is 0.750. The molecule has 1 fully saturated rings. The van der Waals surface area contributed by atoms with E-state index in [4.69, 9.17) is 16.3 Å². The van der Waals surface area contributed by atoms with Crippen LogP contribution in [0.1, 0.15) is 13.8 Å². The van der Waals surface area contributed by atoms with Gasteiger partial charge in [0.1, 0.15) is 0 Å². The molecule has 0 aliphatic carbocycles. The van der Waals surface area contributed by atoms with Crippen LogP contribution in [0.4, 0.5) is 5.69 Å². The smallest absolute Gasteiger partial charge is 0.243 e. The highest BCUT2D eigenvalue weighted by molar-refractivity contribution is 7.89. The van der Waals surface area contributed by atoms with Gasteiger partial charge in [-0.3, -0.25) is 0 Å². The number of aliphatic hydroxyl groups is 1. The van der Waals surface area contributed by atoms with E-state index in [9.17, 15) is 13.5 Å². The van der Waals surface area contributed by atoms with Gasteiger partial charge in [-0.15, -0.1) is 11.6 Å². The Morgan fingerprint density at radius 3 is 2.39 bits per heavy atom. The third-order valence-electron chi connectivity index (χ3n) is 3.60. The molecule has 8 heteroatoms. The van der Waals surface area contributed by atoms with Crippen molar-refractivity contribution in [1.29, 1.82) is 0 Å². The Bertz CT molecular complexity index is 598. The molecule has 6 nitrogen and oxygen atoms in total. The SMILES string of the molecule is CC1CN(S(=O)(=O)c2ccc(NCC(O)CCl)cc2)CC(C)O1. The van der Waals surface area contributed by atoms with Crippen LogP contribution >= 0.6 is 11.6 Å². The monoisotopic (exact) mass is 362 g/mol. The minimum absolute atomic E-state index is 0.119. The van der Waals surface area contributed by atoms with E-state index in [0.29, 0.717) is 19.6 Å². The van der Waals surface area contributed by atoms with Crippen LogP contribution in [0.25, 0.3) is 0 Å². The first kappa shape index (κ1) is 18.5.